The second kappa shape index (κ2) is 5.81. The first-order valence-electron chi connectivity index (χ1n) is 7.74. The van der Waals surface area contributed by atoms with E-state index in [-0.39, 0.29) is 11.9 Å². The number of carbonyl (C=O) groups excluding carboxylic acids is 1. The molecule has 108 valence electrons. The molecule has 0 radical (unpaired) electrons. The van der Waals surface area contributed by atoms with Gasteiger partial charge in [-0.15, -0.1) is 0 Å². The second-order valence-corrected chi connectivity index (χ2v) is 6.15. The van der Waals surface area contributed by atoms with Gasteiger partial charge < -0.3 is 10.2 Å². The molecule has 1 saturated heterocycles. The predicted octanol–water partition coefficient (Wildman–Crippen LogP) is 2.60. The maximum absolute atomic E-state index is 12.2. The lowest BCUT2D eigenvalue weighted by Gasteiger charge is -2.18. The van der Waals surface area contributed by atoms with Gasteiger partial charge in [-0.3, -0.25) is 9.78 Å². The minimum Gasteiger partial charge on any atom is -0.371 e. The van der Waals surface area contributed by atoms with E-state index in [0.29, 0.717) is 5.69 Å². The number of nitrogens with zero attached hydrogens (tertiary/aromatic N) is 2. The Balaban J connectivity index is 1.62. The van der Waals surface area contributed by atoms with Crippen LogP contribution in [0.4, 0.5) is 5.69 Å². The van der Waals surface area contributed by atoms with E-state index in [0.717, 1.165) is 31.1 Å². The Bertz CT molecular complexity index is 478. The summed E-state index contributed by atoms with van der Waals surface area (Å²) in [6, 6.07) is 4.16. The third kappa shape index (κ3) is 3.30. The minimum atomic E-state index is -0.0424. The highest BCUT2D eigenvalue weighted by atomic mass is 16.1. The van der Waals surface area contributed by atoms with Crippen LogP contribution in [0, 0.1) is 5.92 Å². The number of carbonyl (C=O) groups is 1. The van der Waals surface area contributed by atoms with Crippen molar-refractivity contribution in [1.82, 2.24) is 10.3 Å². The van der Waals surface area contributed by atoms with Crippen LogP contribution in [0.2, 0.25) is 0 Å². The van der Waals surface area contributed by atoms with Crippen molar-refractivity contribution in [2.45, 2.75) is 45.1 Å². The zero-order valence-electron chi connectivity index (χ0n) is 12.1. The number of anilines is 1. The smallest absolute Gasteiger partial charge is 0.270 e. The Morgan fingerprint density at radius 2 is 2.20 bits per heavy atom. The molecule has 1 aromatic heterocycles. The molecule has 1 atom stereocenters. The molecule has 4 nitrogen and oxygen atoms in total. The van der Waals surface area contributed by atoms with E-state index in [2.05, 4.69) is 22.1 Å². The molecule has 1 saturated carbocycles. The normalized spacial score (nSPS) is 19.9. The van der Waals surface area contributed by atoms with Gasteiger partial charge in [-0.2, -0.15) is 0 Å². The molecule has 2 aliphatic rings. The van der Waals surface area contributed by atoms with E-state index in [1.54, 1.807) is 6.20 Å². The fraction of sp³-hybridized carbons (Fsp3) is 0.625. The number of pyridine rings is 1. The molecule has 0 bridgehead atoms. The van der Waals surface area contributed by atoms with Crippen LogP contribution in [0.3, 0.4) is 0 Å². The monoisotopic (exact) mass is 273 g/mol. The third-order valence-corrected chi connectivity index (χ3v) is 4.21. The number of rotatable bonds is 5. The third-order valence-electron chi connectivity index (χ3n) is 4.21. The summed E-state index contributed by atoms with van der Waals surface area (Å²) >= 11 is 0. The molecular formula is C16H23N3O. The average molecular weight is 273 g/mol. The van der Waals surface area contributed by atoms with Crippen LogP contribution in [0.5, 0.6) is 0 Å². The standard InChI is InChI=1S/C16H23N3O/c1-12(10-13-4-5-13)18-16(20)15-11-14(6-7-17-15)19-8-2-3-9-19/h6-7,11-13H,2-5,8-10H2,1H3,(H,18,20). The molecule has 0 aromatic carbocycles. The Kier molecular flexibility index (Phi) is 3.90. The summed E-state index contributed by atoms with van der Waals surface area (Å²) in [6.45, 7) is 4.26. The Labute approximate surface area is 120 Å². The summed E-state index contributed by atoms with van der Waals surface area (Å²) in [6.07, 6.45) is 7.96. The fourth-order valence-electron chi connectivity index (χ4n) is 2.93. The van der Waals surface area contributed by atoms with Crippen molar-refractivity contribution in [2.75, 3.05) is 18.0 Å². The quantitative estimate of drug-likeness (QED) is 0.897. The van der Waals surface area contributed by atoms with Gasteiger partial charge in [0.1, 0.15) is 5.69 Å². The molecule has 2 fully saturated rings. The molecule has 1 unspecified atom stereocenters. The molecule has 1 N–H and O–H groups in total. The molecule has 1 amide bonds. The average Bonchev–Trinajstić information content (AvgIpc) is 3.08. The highest BCUT2D eigenvalue weighted by Crippen LogP contribution is 2.33. The molecule has 3 rings (SSSR count). The van der Waals surface area contributed by atoms with Crippen LogP contribution in [-0.4, -0.2) is 30.0 Å². The van der Waals surface area contributed by atoms with Gasteiger partial charge in [0.2, 0.25) is 0 Å². The van der Waals surface area contributed by atoms with Crippen molar-refractivity contribution < 1.29 is 4.79 Å². The largest absolute Gasteiger partial charge is 0.371 e. The SMILES string of the molecule is CC(CC1CC1)NC(=O)c1cc(N2CCCC2)ccn1. The van der Waals surface area contributed by atoms with Gasteiger partial charge in [-0.25, -0.2) is 0 Å². The zero-order chi connectivity index (χ0) is 13.9. The van der Waals surface area contributed by atoms with Gasteiger partial charge in [0.25, 0.3) is 5.91 Å². The van der Waals surface area contributed by atoms with Gasteiger partial charge in [-0.05, 0) is 44.2 Å². The van der Waals surface area contributed by atoms with Crippen molar-refractivity contribution in [2.24, 2.45) is 5.92 Å². The summed E-state index contributed by atoms with van der Waals surface area (Å²) in [5.41, 5.74) is 1.66. The number of nitrogens with one attached hydrogen (secondary N) is 1. The summed E-state index contributed by atoms with van der Waals surface area (Å²) in [5.74, 6) is 0.786. The number of hydrogen-bond acceptors (Lipinski definition) is 3. The van der Waals surface area contributed by atoms with Crippen molar-refractivity contribution in [3.05, 3.63) is 24.0 Å². The highest BCUT2D eigenvalue weighted by molar-refractivity contribution is 5.93. The maximum Gasteiger partial charge on any atom is 0.270 e. The van der Waals surface area contributed by atoms with Gasteiger partial charge in [0.05, 0.1) is 0 Å². The van der Waals surface area contributed by atoms with Gasteiger partial charge in [-0.1, -0.05) is 12.8 Å². The van der Waals surface area contributed by atoms with Crippen LogP contribution >= 0.6 is 0 Å². The maximum atomic E-state index is 12.2. The van der Waals surface area contributed by atoms with Crippen LogP contribution < -0.4 is 10.2 Å². The van der Waals surface area contributed by atoms with Gasteiger partial charge in [0, 0.05) is 31.0 Å². The molecule has 2 heterocycles. The van der Waals surface area contributed by atoms with E-state index in [1.165, 1.54) is 25.7 Å². The van der Waals surface area contributed by atoms with Crippen molar-refractivity contribution in [1.29, 1.82) is 0 Å². The fourth-order valence-corrected chi connectivity index (χ4v) is 2.93. The number of aromatic nitrogens is 1. The van der Waals surface area contributed by atoms with Crippen LogP contribution in [0.15, 0.2) is 18.3 Å². The molecule has 0 spiro atoms. The summed E-state index contributed by atoms with van der Waals surface area (Å²) in [7, 11) is 0. The topological polar surface area (TPSA) is 45.2 Å². The molecule has 4 heteroatoms. The summed E-state index contributed by atoms with van der Waals surface area (Å²) in [5, 5.41) is 3.07. The van der Waals surface area contributed by atoms with E-state index < -0.39 is 0 Å². The number of hydrogen-bond donors (Lipinski definition) is 1. The van der Waals surface area contributed by atoms with Crippen LogP contribution in [0.25, 0.3) is 0 Å². The summed E-state index contributed by atoms with van der Waals surface area (Å²) < 4.78 is 0. The first kappa shape index (κ1) is 13.4. The van der Waals surface area contributed by atoms with Gasteiger partial charge in [0.15, 0.2) is 0 Å². The Morgan fingerprint density at radius 1 is 1.45 bits per heavy atom. The van der Waals surface area contributed by atoms with E-state index in [9.17, 15) is 4.79 Å². The summed E-state index contributed by atoms with van der Waals surface area (Å²) in [4.78, 5) is 18.8. The minimum absolute atomic E-state index is 0.0424. The molecule has 1 aliphatic heterocycles. The lowest BCUT2D eigenvalue weighted by atomic mass is 10.1. The molecule has 1 aliphatic carbocycles. The lowest BCUT2D eigenvalue weighted by Crippen LogP contribution is -2.33. The molecular weight excluding hydrogens is 250 g/mol. The van der Waals surface area contributed by atoms with Gasteiger partial charge >= 0.3 is 0 Å². The van der Waals surface area contributed by atoms with E-state index in [1.807, 2.05) is 12.1 Å². The predicted molar refractivity (Wildman–Crippen MR) is 80.0 cm³/mol. The Morgan fingerprint density at radius 3 is 2.90 bits per heavy atom. The van der Waals surface area contributed by atoms with Crippen molar-refractivity contribution in [3.8, 4) is 0 Å². The van der Waals surface area contributed by atoms with Crippen molar-refractivity contribution in [3.63, 3.8) is 0 Å². The lowest BCUT2D eigenvalue weighted by molar-refractivity contribution is 0.0932. The first-order chi connectivity index (χ1) is 9.72. The highest BCUT2D eigenvalue weighted by Gasteiger charge is 2.24. The second-order valence-electron chi connectivity index (χ2n) is 6.15. The van der Waals surface area contributed by atoms with Crippen LogP contribution in [0.1, 0.15) is 49.5 Å². The van der Waals surface area contributed by atoms with Crippen LogP contribution in [-0.2, 0) is 0 Å². The molecule has 1 aromatic rings. The first-order valence-corrected chi connectivity index (χ1v) is 7.74. The van der Waals surface area contributed by atoms with E-state index >= 15 is 0 Å². The molecule has 20 heavy (non-hydrogen) atoms. The van der Waals surface area contributed by atoms with E-state index in [4.69, 9.17) is 0 Å². The number of amides is 1. The Hall–Kier alpha value is -1.58. The van der Waals surface area contributed by atoms with Crippen molar-refractivity contribution >= 4 is 11.6 Å². The zero-order valence-corrected chi connectivity index (χ0v) is 12.1.